The van der Waals surface area contributed by atoms with Crippen LogP contribution in [0.4, 0.5) is 26.2 Å². The zero-order valence-corrected chi connectivity index (χ0v) is 16.5. The second-order valence-electron chi connectivity index (χ2n) is 7.15. The molecule has 7 nitrogen and oxygen atoms in total. The summed E-state index contributed by atoms with van der Waals surface area (Å²) in [6.07, 6.45) is 4.79. The summed E-state index contributed by atoms with van der Waals surface area (Å²) in [7, 11) is 0. The summed E-state index contributed by atoms with van der Waals surface area (Å²) in [4.78, 5) is 19.7. The number of aromatic nitrogens is 4. The molecule has 1 aliphatic heterocycles. The van der Waals surface area contributed by atoms with Gasteiger partial charge in [-0.05, 0) is 30.3 Å². The quantitative estimate of drug-likeness (QED) is 0.524. The fourth-order valence-corrected chi connectivity index (χ4v) is 3.59. The van der Waals surface area contributed by atoms with Gasteiger partial charge >= 0.3 is 0 Å². The first kappa shape index (κ1) is 19.3. The Morgan fingerprint density at radius 3 is 2.45 bits per heavy atom. The average Bonchev–Trinajstić information content (AvgIpc) is 2.80. The van der Waals surface area contributed by atoms with Crippen molar-refractivity contribution in [3.63, 3.8) is 0 Å². The molecule has 1 aromatic carbocycles. The highest BCUT2D eigenvalue weighted by molar-refractivity contribution is 5.91. The van der Waals surface area contributed by atoms with Crippen LogP contribution in [0.2, 0.25) is 0 Å². The Morgan fingerprint density at radius 2 is 1.71 bits per heavy atom. The zero-order valence-electron chi connectivity index (χ0n) is 16.5. The number of fused-ring (bicyclic) bond motifs is 1. The molecule has 9 heteroatoms. The number of nitrogens with zero attached hydrogens (tertiary/aromatic N) is 5. The van der Waals surface area contributed by atoms with Crippen LogP contribution < -0.4 is 15.5 Å². The van der Waals surface area contributed by atoms with E-state index in [0.29, 0.717) is 16.6 Å². The van der Waals surface area contributed by atoms with Gasteiger partial charge in [-0.25, -0.2) is 23.7 Å². The van der Waals surface area contributed by atoms with E-state index in [-0.39, 0.29) is 17.2 Å². The first-order valence-corrected chi connectivity index (χ1v) is 9.94. The van der Waals surface area contributed by atoms with Crippen LogP contribution in [0.15, 0.2) is 55.0 Å². The second kappa shape index (κ2) is 8.19. The van der Waals surface area contributed by atoms with E-state index in [1.54, 1.807) is 18.5 Å². The predicted molar refractivity (Wildman–Crippen MR) is 115 cm³/mol. The van der Waals surface area contributed by atoms with Crippen LogP contribution >= 0.6 is 0 Å². The zero-order chi connectivity index (χ0) is 21.2. The lowest BCUT2D eigenvalue weighted by Gasteiger charge is -2.28. The van der Waals surface area contributed by atoms with Gasteiger partial charge in [-0.2, -0.15) is 0 Å². The Bertz CT molecular complexity index is 1200. The monoisotopic (exact) mass is 419 g/mol. The molecule has 3 aromatic heterocycles. The summed E-state index contributed by atoms with van der Waals surface area (Å²) in [5.74, 6) is -0.190. The topological polar surface area (TPSA) is 78.9 Å². The molecule has 1 saturated heterocycles. The van der Waals surface area contributed by atoms with Gasteiger partial charge in [0.2, 0.25) is 5.95 Å². The van der Waals surface area contributed by atoms with Crippen LogP contribution in [0.3, 0.4) is 0 Å². The molecule has 0 atom stereocenters. The van der Waals surface area contributed by atoms with E-state index in [0.717, 1.165) is 32.0 Å². The molecular formula is C22H19F2N7. The number of piperazine rings is 1. The minimum atomic E-state index is -0.694. The number of halogens is 2. The van der Waals surface area contributed by atoms with Crippen molar-refractivity contribution in [2.45, 2.75) is 0 Å². The smallest absolute Gasteiger partial charge is 0.227 e. The third kappa shape index (κ3) is 3.87. The van der Waals surface area contributed by atoms with E-state index in [2.05, 4.69) is 35.5 Å². The Labute approximate surface area is 177 Å². The summed E-state index contributed by atoms with van der Waals surface area (Å²) in [5, 5.41) is 7.05. The van der Waals surface area contributed by atoms with E-state index < -0.39 is 11.6 Å². The first-order valence-electron chi connectivity index (χ1n) is 9.94. The molecule has 0 saturated carbocycles. The van der Waals surface area contributed by atoms with Crippen molar-refractivity contribution in [2.24, 2.45) is 0 Å². The van der Waals surface area contributed by atoms with E-state index in [1.165, 1.54) is 24.4 Å². The minimum Gasteiger partial charge on any atom is -0.354 e. The van der Waals surface area contributed by atoms with E-state index in [4.69, 9.17) is 0 Å². The number of nitrogens with one attached hydrogen (secondary N) is 2. The van der Waals surface area contributed by atoms with Gasteiger partial charge in [0.05, 0.1) is 17.4 Å². The lowest BCUT2D eigenvalue weighted by molar-refractivity contribution is 0.585. The Balaban J connectivity index is 1.46. The minimum absolute atomic E-state index is 0.130. The van der Waals surface area contributed by atoms with E-state index in [1.807, 2.05) is 12.1 Å². The van der Waals surface area contributed by atoms with Gasteiger partial charge in [-0.3, -0.25) is 4.98 Å². The van der Waals surface area contributed by atoms with Crippen LogP contribution in [0.25, 0.3) is 22.2 Å². The maximum absolute atomic E-state index is 14.3. The van der Waals surface area contributed by atoms with Gasteiger partial charge in [0.25, 0.3) is 0 Å². The summed E-state index contributed by atoms with van der Waals surface area (Å²) in [5.41, 5.74) is 0.987. The summed E-state index contributed by atoms with van der Waals surface area (Å²) >= 11 is 0. The normalized spacial score (nSPS) is 14.1. The molecule has 156 valence electrons. The highest BCUT2D eigenvalue weighted by atomic mass is 19.1. The van der Waals surface area contributed by atoms with Crippen molar-refractivity contribution in [3.8, 4) is 11.3 Å². The van der Waals surface area contributed by atoms with Crippen LogP contribution in [-0.2, 0) is 0 Å². The maximum Gasteiger partial charge on any atom is 0.227 e. The molecule has 4 heterocycles. The number of anilines is 3. The molecule has 1 aliphatic rings. The fraction of sp³-hybridized carbons (Fsp3) is 0.182. The molecule has 0 bridgehead atoms. The van der Waals surface area contributed by atoms with Gasteiger partial charge in [0.1, 0.15) is 28.7 Å². The number of rotatable bonds is 4. The first-order chi connectivity index (χ1) is 15.2. The standard InChI is InChI=1S/C22H19F2N7/c23-16-2-1-3-17(24)19(16)21-20-14(6-7-26-21)12-28-22(30-20)29-15-4-5-18(27-13-15)31-10-8-25-9-11-31/h1-7,12-13,25H,8-11H2,(H,28,29,30). The van der Waals surface area contributed by atoms with Gasteiger partial charge in [-0.1, -0.05) is 6.07 Å². The third-order valence-electron chi connectivity index (χ3n) is 5.14. The van der Waals surface area contributed by atoms with E-state index >= 15 is 0 Å². The maximum atomic E-state index is 14.3. The summed E-state index contributed by atoms with van der Waals surface area (Å²) in [6, 6.07) is 9.26. The van der Waals surface area contributed by atoms with Crippen LogP contribution in [0.5, 0.6) is 0 Å². The Hall–Kier alpha value is -3.72. The number of pyridine rings is 2. The molecule has 0 spiro atoms. The molecule has 0 amide bonds. The van der Waals surface area contributed by atoms with Crippen LogP contribution in [0, 0.1) is 11.6 Å². The fourth-order valence-electron chi connectivity index (χ4n) is 3.59. The van der Waals surface area contributed by atoms with E-state index in [9.17, 15) is 8.78 Å². The molecule has 2 N–H and O–H groups in total. The number of benzene rings is 1. The summed E-state index contributed by atoms with van der Waals surface area (Å²) in [6.45, 7) is 3.70. The number of hydrogen-bond donors (Lipinski definition) is 2. The second-order valence-corrected chi connectivity index (χ2v) is 7.15. The highest BCUT2D eigenvalue weighted by Crippen LogP contribution is 2.30. The van der Waals surface area contributed by atoms with Crippen molar-refractivity contribution in [2.75, 3.05) is 36.4 Å². The number of hydrogen-bond acceptors (Lipinski definition) is 7. The average molecular weight is 419 g/mol. The molecule has 0 aliphatic carbocycles. The summed E-state index contributed by atoms with van der Waals surface area (Å²) < 4.78 is 28.7. The molecular weight excluding hydrogens is 400 g/mol. The van der Waals surface area contributed by atoms with Crippen molar-refractivity contribution >= 4 is 28.4 Å². The molecule has 5 rings (SSSR count). The Morgan fingerprint density at radius 1 is 0.903 bits per heavy atom. The SMILES string of the molecule is Fc1cccc(F)c1-c1nccc2cnc(Nc3ccc(N4CCNCC4)nc3)nc12. The predicted octanol–water partition coefficient (Wildman–Crippen LogP) is 3.52. The van der Waals surface area contributed by atoms with Gasteiger partial charge in [0.15, 0.2) is 0 Å². The molecule has 31 heavy (non-hydrogen) atoms. The van der Waals surface area contributed by atoms with Crippen molar-refractivity contribution < 1.29 is 8.78 Å². The van der Waals surface area contributed by atoms with Crippen molar-refractivity contribution in [3.05, 3.63) is 66.6 Å². The van der Waals surface area contributed by atoms with Gasteiger partial charge in [0, 0.05) is 44.0 Å². The van der Waals surface area contributed by atoms with Gasteiger partial charge in [-0.15, -0.1) is 0 Å². The van der Waals surface area contributed by atoms with Crippen molar-refractivity contribution in [1.82, 2.24) is 25.3 Å². The van der Waals surface area contributed by atoms with Crippen LogP contribution in [0.1, 0.15) is 0 Å². The molecule has 1 fully saturated rings. The lowest BCUT2D eigenvalue weighted by atomic mass is 10.1. The molecule has 0 radical (unpaired) electrons. The molecule has 0 unspecified atom stereocenters. The van der Waals surface area contributed by atoms with Gasteiger partial charge < -0.3 is 15.5 Å². The largest absolute Gasteiger partial charge is 0.354 e. The highest BCUT2D eigenvalue weighted by Gasteiger charge is 2.17. The molecule has 4 aromatic rings. The van der Waals surface area contributed by atoms with Crippen LogP contribution in [-0.4, -0.2) is 46.1 Å². The lowest BCUT2D eigenvalue weighted by Crippen LogP contribution is -2.43. The third-order valence-corrected chi connectivity index (χ3v) is 5.14. The van der Waals surface area contributed by atoms with Crippen molar-refractivity contribution in [1.29, 1.82) is 0 Å². The Kier molecular flexibility index (Phi) is 5.09.